The lowest BCUT2D eigenvalue weighted by Gasteiger charge is -2.03. The zero-order chi connectivity index (χ0) is 9.97. The second-order valence-corrected chi connectivity index (χ2v) is 2.84. The highest BCUT2D eigenvalue weighted by molar-refractivity contribution is 5.84. The molecule has 0 N–H and O–H groups in total. The minimum Gasteiger partial charge on any atom is -0.494 e. The first-order valence-corrected chi connectivity index (χ1v) is 4.19. The molecule has 1 aromatic carbocycles. The Morgan fingerprint density at radius 1 is 1.29 bits per heavy atom. The van der Waals surface area contributed by atoms with Gasteiger partial charge in [0, 0.05) is 5.39 Å². The van der Waals surface area contributed by atoms with Crippen molar-refractivity contribution in [3.05, 3.63) is 36.0 Å². The summed E-state index contributed by atoms with van der Waals surface area (Å²) in [6.45, 7) is 0. The van der Waals surface area contributed by atoms with Gasteiger partial charge in [-0.1, -0.05) is 12.1 Å². The maximum Gasteiger partial charge on any atom is 0.145 e. The van der Waals surface area contributed by atoms with Gasteiger partial charge in [-0.25, -0.2) is 4.98 Å². The first-order chi connectivity index (χ1) is 6.85. The molecule has 0 radical (unpaired) electrons. The number of benzene rings is 1. The molecule has 0 unspecified atom stereocenters. The van der Waals surface area contributed by atoms with Crippen molar-refractivity contribution < 1.29 is 4.74 Å². The fourth-order valence-corrected chi connectivity index (χ4v) is 1.35. The average Bonchev–Trinajstić information content (AvgIpc) is 2.27. The van der Waals surface area contributed by atoms with E-state index in [4.69, 9.17) is 10.00 Å². The maximum atomic E-state index is 8.71. The lowest BCUT2D eigenvalue weighted by Crippen LogP contribution is -1.89. The van der Waals surface area contributed by atoms with Crippen molar-refractivity contribution in [3.8, 4) is 11.8 Å². The Kier molecular flexibility index (Phi) is 2.04. The van der Waals surface area contributed by atoms with E-state index in [9.17, 15) is 0 Å². The molecule has 0 saturated heterocycles. The third-order valence-corrected chi connectivity index (χ3v) is 2.02. The molecular formula is C11H8N2O. The van der Waals surface area contributed by atoms with Crippen LogP contribution in [0.5, 0.6) is 5.75 Å². The standard InChI is InChI=1S/C11H8N2O/c1-14-10-4-2-3-8-5-6-9(7-12)13-11(8)10/h2-6H,1H3. The van der Waals surface area contributed by atoms with Gasteiger partial charge < -0.3 is 4.74 Å². The highest BCUT2D eigenvalue weighted by Crippen LogP contribution is 2.23. The van der Waals surface area contributed by atoms with Gasteiger partial charge in [0.05, 0.1) is 7.11 Å². The van der Waals surface area contributed by atoms with Crippen molar-refractivity contribution in [2.45, 2.75) is 0 Å². The number of ether oxygens (including phenoxy) is 1. The molecule has 0 aliphatic heterocycles. The summed E-state index contributed by atoms with van der Waals surface area (Å²) in [4.78, 5) is 4.18. The van der Waals surface area contributed by atoms with Crippen LogP contribution in [0.1, 0.15) is 5.69 Å². The van der Waals surface area contributed by atoms with Crippen molar-refractivity contribution in [2.24, 2.45) is 0 Å². The van der Waals surface area contributed by atoms with E-state index in [-0.39, 0.29) is 0 Å². The third kappa shape index (κ3) is 1.27. The molecule has 0 aliphatic carbocycles. The number of methoxy groups -OCH3 is 1. The number of para-hydroxylation sites is 1. The van der Waals surface area contributed by atoms with Crippen LogP contribution in [0.2, 0.25) is 0 Å². The molecule has 68 valence electrons. The van der Waals surface area contributed by atoms with Crippen LogP contribution in [0.15, 0.2) is 30.3 Å². The first kappa shape index (κ1) is 8.52. The van der Waals surface area contributed by atoms with Gasteiger partial charge in [0.25, 0.3) is 0 Å². The molecule has 2 rings (SSSR count). The van der Waals surface area contributed by atoms with Gasteiger partial charge in [-0.15, -0.1) is 0 Å². The summed E-state index contributed by atoms with van der Waals surface area (Å²) < 4.78 is 5.16. The molecule has 0 saturated carbocycles. The number of fused-ring (bicyclic) bond motifs is 1. The van der Waals surface area contributed by atoms with Crippen LogP contribution in [-0.4, -0.2) is 12.1 Å². The summed E-state index contributed by atoms with van der Waals surface area (Å²) >= 11 is 0. The Balaban J connectivity index is 2.78. The second kappa shape index (κ2) is 3.35. The van der Waals surface area contributed by atoms with E-state index in [0.717, 1.165) is 10.9 Å². The summed E-state index contributed by atoms with van der Waals surface area (Å²) in [6, 6.07) is 11.2. The second-order valence-electron chi connectivity index (χ2n) is 2.84. The molecule has 0 aliphatic rings. The molecular weight excluding hydrogens is 176 g/mol. The summed E-state index contributed by atoms with van der Waals surface area (Å²) in [5, 5.41) is 9.68. The minimum atomic E-state index is 0.405. The molecule has 0 bridgehead atoms. The Morgan fingerprint density at radius 2 is 2.14 bits per heavy atom. The fraction of sp³-hybridized carbons (Fsp3) is 0.0909. The van der Waals surface area contributed by atoms with Crippen molar-refractivity contribution in [3.63, 3.8) is 0 Å². The molecule has 1 aromatic heterocycles. The third-order valence-electron chi connectivity index (χ3n) is 2.02. The lowest BCUT2D eigenvalue weighted by molar-refractivity contribution is 0.419. The smallest absolute Gasteiger partial charge is 0.145 e. The minimum absolute atomic E-state index is 0.405. The predicted octanol–water partition coefficient (Wildman–Crippen LogP) is 2.12. The zero-order valence-corrected chi connectivity index (χ0v) is 7.69. The number of nitriles is 1. The number of hydrogen-bond acceptors (Lipinski definition) is 3. The Morgan fingerprint density at radius 3 is 2.86 bits per heavy atom. The number of rotatable bonds is 1. The van der Waals surface area contributed by atoms with E-state index in [1.54, 1.807) is 13.2 Å². The van der Waals surface area contributed by atoms with Crippen LogP contribution in [0, 0.1) is 11.3 Å². The highest BCUT2D eigenvalue weighted by atomic mass is 16.5. The van der Waals surface area contributed by atoms with Gasteiger partial charge in [-0.3, -0.25) is 0 Å². The molecule has 14 heavy (non-hydrogen) atoms. The molecule has 0 fully saturated rings. The predicted molar refractivity (Wildman–Crippen MR) is 53.0 cm³/mol. The average molecular weight is 184 g/mol. The largest absolute Gasteiger partial charge is 0.494 e. The van der Waals surface area contributed by atoms with E-state index < -0.39 is 0 Å². The van der Waals surface area contributed by atoms with E-state index in [1.807, 2.05) is 30.3 Å². The summed E-state index contributed by atoms with van der Waals surface area (Å²) in [5.41, 5.74) is 1.14. The number of aromatic nitrogens is 1. The topological polar surface area (TPSA) is 45.9 Å². The Bertz CT molecular complexity index is 514. The number of pyridine rings is 1. The van der Waals surface area contributed by atoms with E-state index in [2.05, 4.69) is 4.98 Å². The van der Waals surface area contributed by atoms with Crippen LogP contribution < -0.4 is 4.74 Å². The SMILES string of the molecule is COc1cccc2ccc(C#N)nc12. The molecule has 0 spiro atoms. The summed E-state index contributed by atoms with van der Waals surface area (Å²) in [5.74, 6) is 0.694. The molecule has 0 amide bonds. The normalized spacial score (nSPS) is 9.71. The summed E-state index contributed by atoms with van der Waals surface area (Å²) in [6.07, 6.45) is 0. The van der Waals surface area contributed by atoms with Crippen molar-refractivity contribution >= 4 is 10.9 Å². The molecule has 3 heteroatoms. The van der Waals surface area contributed by atoms with E-state index in [0.29, 0.717) is 11.4 Å². The molecule has 2 aromatic rings. The van der Waals surface area contributed by atoms with Crippen LogP contribution in [0.4, 0.5) is 0 Å². The van der Waals surface area contributed by atoms with Gasteiger partial charge in [0.1, 0.15) is 23.0 Å². The van der Waals surface area contributed by atoms with E-state index in [1.165, 1.54) is 0 Å². The monoisotopic (exact) mass is 184 g/mol. The molecule has 0 atom stereocenters. The number of nitrogens with zero attached hydrogens (tertiary/aromatic N) is 2. The van der Waals surface area contributed by atoms with Crippen molar-refractivity contribution in [1.29, 1.82) is 5.26 Å². The van der Waals surface area contributed by atoms with Crippen LogP contribution in [0.25, 0.3) is 10.9 Å². The quantitative estimate of drug-likeness (QED) is 0.681. The van der Waals surface area contributed by atoms with E-state index >= 15 is 0 Å². The van der Waals surface area contributed by atoms with Gasteiger partial charge in [0.2, 0.25) is 0 Å². The molecule has 3 nitrogen and oxygen atoms in total. The van der Waals surface area contributed by atoms with Gasteiger partial charge in [-0.2, -0.15) is 5.26 Å². The molecule has 1 heterocycles. The Hall–Kier alpha value is -2.08. The van der Waals surface area contributed by atoms with Crippen LogP contribution in [0.3, 0.4) is 0 Å². The number of hydrogen-bond donors (Lipinski definition) is 0. The van der Waals surface area contributed by atoms with Crippen molar-refractivity contribution in [2.75, 3.05) is 7.11 Å². The Labute approximate surface area is 81.6 Å². The first-order valence-electron chi connectivity index (χ1n) is 4.19. The van der Waals surface area contributed by atoms with Gasteiger partial charge in [-0.05, 0) is 18.2 Å². The fourth-order valence-electron chi connectivity index (χ4n) is 1.35. The van der Waals surface area contributed by atoms with Crippen molar-refractivity contribution in [1.82, 2.24) is 4.98 Å². The highest BCUT2D eigenvalue weighted by Gasteiger charge is 2.02. The van der Waals surface area contributed by atoms with Crippen LogP contribution >= 0.6 is 0 Å². The van der Waals surface area contributed by atoms with Gasteiger partial charge in [0.15, 0.2) is 0 Å². The zero-order valence-electron chi connectivity index (χ0n) is 7.69. The van der Waals surface area contributed by atoms with Crippen LogP contribution in [-0.2, 0) is 0 Å². The maximum absolute atomic E-state index is 8.71. The summed E-state index contributed by atoms with van der Waals surface area (Å²) in [7, 11) is 1.59. The lowest BCUT2D eigenvalue weighted by atomic mass is 10.2. The van der Waals surface area contributed by atoms with Gasteiger partial charge >= 0.3 is 0 Å².